The van der Waals surface area contributed by atoms with Crippen molar-refractivity contribution in [2.75, 3.05) is 17.7 Å². The lowest BCUT2D eigenvalue weighted by Crippen LogP contribution is -2.17. The number of anilines is 2. The van der Waals surface area contributed by atoms with Crippen molar-refractivity contribution in [2.45, 2.75) is 16.7 Å². The fraction of sp³-hybridized carbons (Fsp3) is 0.200. The Labute approximate surface area is 216 Å². The van der Waals surface area contributed by atoms with E-state index in [1.807, 2.05) is 31.3 Å². The van der Waals surface area contributed by atoms with Crippen LogP contribution in [-0.2, 0) is 11.2 Å². The van der Waals surface area contributed by atoms with Gasteiger partial charge in [0.1, 0.15) is 10.2 Å². The molecule has 0 bridgehead atoms. The Kier molecular flexibility index (Phi) is 7.11. The predicted octanol–water partition coefficient (Wildman–Crippen LogP) is 7.13. The first kappa shape index (κ1) is 24.8. The highest BCUT2D eigenvalue weighted by Crippen LogP contribution is 2.65. The zero-order valence-corrected chi connectivity index (χ0v) is 20.9. The van der Waals surface area contributed by atoms with Gasteiger partial charge in [-0.2, -0.15) is 0 Å². The molecule has 0 aliphatic heterocycles. The molecule has 2 atom stereocenters. The highest BCUT2D eigenvalue weighted by atomic mass is 35.5. The minimum Gasteiger partial charge on any atom is -0.388 e. The lowest BCUT2D eigenvalue weighted by molar-refractivity contribution is -0.117. The molecule has 0 spiro atoms. The van der Waals surface area contributed by atoms with Crippen LogP contribution in [0.5, 0.6) is 0 Å². The van der Waals surface area contributed by atoms with Crippen molar-refractivity contribution in [1.29, 1.82) is 0 Å². The molecular weight excluding hydrogens is 521 g/mol. The predicted molar refractivity (Wildman–Crippen MR) is 136 cm³/mol. The van der Waals surface area contributed by atoms with Gasteiger partial charge >= 0.3 is 0 Å². The molecule has 1 saturated carbocycles. The number of benzene rings is 3. The number of Topliss-reactive ketones (excluding diaryl/α,β-unsaturated/α-hetero) is 1. The minimum absolute atomic E-state index is 0.0749. The molecule has 3 aromatic carbocycles. The fourth-order valence-electron chi connectivity index (χ4n) is 3.88. The Morgan fingerprint density at radius 1 is 0.941 bits per heavy atom. The second kappa shape index (κ2) is 9.74. The van der Waals surface area contributed by atoms with Gasteiger partial charge in [-0.05, 0) is 53.6 Å². The number of nitrogens with one attached hydrogen (secondary N) is 2. The summed E-state index contributed by atoms with van der Waals surface area (Å²) < 4.78 is 12.1. The SMILES string of the molecule is CNc1ccc(CC(=O)c2cc(NC(=O)C3C(c4ccc(F)c(Cl)c4)C3(Cl)Cl)ccc2Cl)cc1. The Balaban J connectivity index is 1.48. The van der Waals surface area contributed by atoms with Gasteiger partial charge in [0.25, 0.3) is 0 Å². The van der Waals surface area contributed by atoms with E-state index in [4.69, 9.17) is 46.4 Å². The van der Waals surface area contributed by atoms with Gasteiger partial charge in [0.15, 0.2) is 5.78 Å². The first-order valence-corrected chi connectivity index (χ1v) is 11.9. The van der Waals surface area contributed by atoms with Crippen LogP contribution in [0.4, 0.5) is 15.8 Å². The number of amides is 1. The van der Waals surface area contributed by atoms with Gasteiger partial charge < -0.3 is 10.6 Å². The smallest absolute Gasteiger partial charge is 0.231 e. The lowest BCUT2D eigenvalue weighted by Gasteiger charge is -2.10. The zero-order chi connectivity index (χ0) is 24.6. The van der Waals surface area contributed by atoms with Gasteiger partial charge in [-0.3, -0.25) is 9.59 Å². The summed E-state index contributed by atoms with van der Waals surface area (Å²) in [7, 11) is 1.82. The average molecular weight is 540 g/mol. The monoisotopic (exact) mass is 538 g/mol. The van der Waals surface area contributed by atoms with E-state index in [-0.39, 0.29) is 27.8 Å². The minimum atomic E-state index is -1.37. The summed E-state index contributed by atoms with van der Waals surface area (Å²) in [6, 6.07) is 16.3. The maximum Gasteiger partial charge on any atom is 0.231 e. The summed E-state index contributed by atoms with van der Waals surface area (Å²) in [5, 5.41) is 5.98. The fourth-order valence-corrected chi connectivity index (χ4v) is 5.12. The first-order valence-electron chi connectivity index (χ1n) is 10.3. The molecule has 1 fully saturated rings. The maximum atomic E-state index is 13.5. The van der Waals surface area contributed by atoms with E-state index in [1.165, 1.54) is 24.3 Å². The Bertz CT molecular complexity index is 1260. The number of halogens is 5. The molecule has 0 radical (unpaired) electrons. The van der Waals surface area contributed by atoms with Crippen LogP contribution in [0.3, 0.4) is 0 Å². The van der Waals surface area contributed by atoms with E-state index >= 15 is 0 Å². The van der Waals surface area contributed by atoms with E-state index in [0.29, 0.717) is 11.3 Å². The molecule has 1 aliphatic rings. The van der Waals surface area contributed by atoms with Crippen LogP contribution in [0, 0.1) is 11.7 Å². The summed E-state index contributed by atoms with van der Waals surface area (Å²) in [5.74, 6) is -2.52. The second-order valence-electron chi connectivity index (χ2n) is 8.03. The van der Waals surface area contributed by atoms with Gasteiger partial charge in [0.05, 0.1) is 16.0 Å². The van der Waals surface area contributed by atoms with E-state index in [1.54, 1.807) is 12.1 Å². The van der Waals surface area contributed by atoms with E-state index in [9.17, 15) is 14.0 Å². The molecule has 1 aliphatic carbocycles. The van der Waals surface area contributed by atoms with Crippen LogP contribution in [0.2, 0.25) is 10.0 Å². The van der Waals surface area contributed by atoms with Crippen LogP contribution in [0.1, 0.15) is 27.4 Å². The number of ketones is 1. The summed E-state index contributed by atoms with van der Waals surface area (Å²) in [4.78, 5) is 25.8. The van der Waals surface area contributed by atoms with Crippen LogP contribution >= 0.6 is 46.4 Å². The van der Waals surface area contributed by atoms with Crippen molar-refractivity contribution in [3.8, 4) is 0 Å². The van der Waals surface area contributed by atoms with Crippen LogP contribution in [0.25, 0.3) is 0 Å². The van der Waals surface area contributed by atoms with E-state index in [0.717, 1.165) is 11.3 Å². The molecule has 9 heteroatoms. The summed E-state index contributed by atoms with van der Waals surface area (Å²) in [5.41, 5.74) is 3.01. The second-order valence-corrected chi connectivity index (χ2v) is 10.3. The average Bonchev–Trinajstić information content (AvgIpc) is 3.39. The normalized spacial score (nSPS) is 18.3. The van der Waals surface area contributed by atoms with Crippen molar-refractivity contribution >= 4 is 69.5 Å². The maximum absolute atomic E-state index is 13.5. The van der Waals surface area contributed by atoms with Gasteiger partial charge in [0.2, 0.25) is 5.91 Å². The molecule has 4 rings (SSSR count). The Morgan fingerprint density at radius 2 is 1.62 bits per heavy atom. The molecule has 2 unspecified atom stereocenters. The Morgan fingerprint density at radius 3 is 2.26 bits per heavy atom. The third-order valence-electron chi connectivity index (χ3n) is 5.78. The molecule has 176 valence electrons. The van der Waals surface area contributed by atoms with Crippen molar-refractivity contribution in [3.63, 3.8) is 0 Å². The number of rotatable bonds is 7. The molecule has 0 heterocycles. The Hall–Kier alpha value is -2.31. The van der Waals surface area contributed by atoms with E-state index < -0.39 is 27.9 Å². The summed E-state index contributed by atoms with van der Waals surface area (Å²) in [6.45, 7) is 0. The quantitative estimate of drug-likeness (QED) is 0.248. The number of carbonyl (C=O) groups is 2. The first-order chi connectivity index (χ1) is 16.1. The largest absolute Gasteiger partial charge is 0.388 e. The highest BCUT2D eigenvalue weighted by molar-refractivity contribution is 6.53. The third-order valence-corrected chi connectivity index (χ3v) is 7.34. The van der Waals surface area contributed by atoms with Crippen LogP contribution < -0.4 is 10.6 Å². The lowest BCUT2D eigenvalue weighted by atomic mass is 10.0. The number of hydrogen-bond acceptors (Lipinski definition) is 3. The van der Waals surface area contributed by atoms with Crippen LogP contribution in [0.15, 0.2) is 60.7 Å². The van der Waals surface area contributed by atoms with Crippen molar-refractivity contribution in [3.05, 3.63) is 93.2 Å². The third kappa shape index (κ3) is 5.03. The van der Waals surface area contributed by atoms with Crippen molar-refractivity contribution in [2.24, 2.45) is 5.92 Å². The highest BCUT2D eigenvalue weighted by Gasteiger charge is 2.67. The summed E-state index contributed by atoms with van der Waals surface area (Å²) in [6.07, 6.45) is 0.156. The van der Waals surface area contributed by atoms with Gasteiger partial charge in [-0.25, -0.2) is 4.39 Å². The van der Waals surface area contributed by atoms with Gasteiger partial charge in [-0.15, -0.1) is 23.2 Å². The van der Waals surface area contributed by atoms with Gasteiger partial charge in [-0.1, -0.05) is 41.4 Å². The number of carbonyl (C=O) groups excluding carboxylic acids is 2. The van der Waals surface area contributed by atoms with Crippen molar-refractivity contribution < 1.29 is 14.0 Å². The molecule has 4 nitrogen and oxygen atoms in total. The molecule has 3 aromatic rings. The molecule has 0 saturated heterocycles. The van der Waals surface area contributed by atoms with Gasteiger partial charge in [0, 0.05) is 36.3 Å². The number of hydrogen-bond donors (Lipinski definition) is 2. The van der Waals surface area contributed by atoms with Crippen LogP contribution in [-0.4, -0.2) is 23.1 Å². The number of alkyl halides is 2. The molecular formula is C25H19Cl4FN2O2. The summed E-state index contributed by atoms with van der Waals surface area (Å²) >= 11 is 24.9. The van der Waals surface area contributed by atoms with E-state index in [2.05, 4.69) is 10.6 Å². The zero-order valence-electron chi connectivity index (χ0n) is 17.8. The molecule has 0 aromatic heterocycles. The topological polar surface area (TPSA) is 58.2 Å². The molecule has 1 amide bonds. The standard InChI is InChI=1S/C25H19Cl4FN2O2/c1-31-15-5-2-13(3-6-15)10-21(33)17-12-16(7-8-18(17)26)32-24(34)23-22(25(23,28)29)14-4-9-20(30)19(27)11-14/h2-9,11-12,22-23,31H,10H2,1H3,(H,32,34). The molecule has 34 heavy (non-hydrogen) atoms. The van der Waals surface area contributed by atoms with Crippen molar-refractivity contribution in [1.82, 2.24) is 0 Å². The molecule has 2 N–H and O–H groups in total.